The molecule has 1 unspecified atom stereocenters. The first kappa shape index (κ1) is 14.3. The number of hydrogen-bond acceptors (Lipinski definition) is 4. The lowest BCUT2D eigenvalue weighted by Crippen LogP contribution is -2.26. The van der Waals surface area contributed by atoms with E-state index in [1.165, 1.54) is 21.1 Å². The van der Waals surface area contributed by atoms with Crippen molar-refractivity contribution in [3.63, 3.8) is 0 Å². The van der Waals surface area contributed by atoms with Gasteiger partial charge in [-0.15, -0.1) is 0 Å². The van der Waals surface area contributed by atoms with E-state index in [0.717, 1.165) is 5.56 Å². The Balaban J connectivity index is 3.32. The molecule has 0 amide bonds. The van der Waals surface area contributed by atoms with Crippen molar-refractivity contribution in [2.24, 2.45) is 0 Å². The summed E-state index contributed by atoms with van der Waals surface area (Å²) in [5, 5.41) is 19.1. The standard InChI is InChI=1S/C13H18O5/c1-8-10(17-3)6-5-9(12(8)18-4)13(2,16)7-11(14)15/h5-6,16H,7H2,1-4H3,(H,14,15). The molecule has 0 heterocycles. The molecule has 0 aromatic heterocycles. The molecule has 0 saturated heterocycles. The molecule has 100 valence electrons. The molecule has 0 aliphatic rings. The summed E-state index contributed by atoms with van der Waals surface area (Å²) in [6.45, 7) is 3.24. The lowest BCUT2D eigenvalue weighted by molar-refractivity contribution is -0.142. The summed E-state index contributed by atoms with van der Waals surface area (Å²) in [5.74, 6) is -0.00199. The second-order valence-corrected chi connectivity index (χ2v) is 4.32. The Kier molecular flexibility index (Phi) is 4.19. The van der Waals surface area contributed by atoms with E-state index < -0.39 is 18.0 Å². The van der Waals surface area contributed by atoms with E-state index in [9.17, 15) is 9.90 Å². The normalized spacial score (nSPS) is 13.8. The fourth-order valence-corrected chi connectivity index (χ4v) is 1.97. The van der Waals surface area contributed by atoms with Crippen molar-refractivity contribution in [1.82, 2.24) is 0 Å². The number of carboxylic acid groups (broad SMARTS) is 1. The van der Waals surface area contributed by atoms with Gasteiger partial charge in [-0.2, -0.15) is 0 Å². The van der Waals surface area contributed by atoms with Crippen LogP contribution in [0.15, 0.2) is 12.1 Å². The van der Waals surface area contributed by atoms with E-state index >= 15 is 0 Å². The summed E-state index contributed by atoms with van der Waals surface area (Å²) in [5.41, 5.74) is -0.331. The van der Waals surface area contributed by atoms with Gasteiger partial charge < -0.3 is 19.7 Å². The van der Waals surface area contributed by atoms with Crippen LogP contribution in [0.2, 0.25) is 0 Å². The van der Waals surface area contributed by atoms with Crippen molar-refractivity contribution >= 4 is 5.97 Å². The van der Waals surface area contributed by atoms with Gasteiger partial charge in [0.15, 0.2) is 0 Å². The second kappa shape index (κ2) is 5.27. The maximum absolute atomic E-state index is 10.8. The van der Waals surface area contributed by atoms with Gasteiger partial charge in [-0.05, 0) is 26.0 Å². The fourth-order valence-electron chi connectivity index (χ4n) is 1.97. The molecule has 0 spiro atoms. The van der Waals surface area contributed by atoms with E-state index in [4.69, 9.17) is 14.6 Å². The molecular formula is C13H18O5. The predicted octanol–water partition coefficient (Wildman–Crippen LogP) is 1.69. The van der Waals surface area contributed by atoms with E-state index in [0.29, 0.717) is 17.1 Å². The third-order valence-corrected chi connectivity index (χ3v) is 2.86. The highest BCUT2D eigenvalue weighted by Gasteiger charge is 2.31. The van der Waals surface area contributed by atoms with Crippen molar-refractivity contribution in [3.8, 4) is 11.5 Å². The Labute approximate surface area is 106 Å². The van der Waals surface area contributed by atoms with Crippen molar-refractivity contribution in [3.05, 3.63) is 23.3 Å². The van der Waals surface area contributed by atoms with Crippen LogP contribution >= 0.6 is 0 Å². The molecule has 1 aromatic rings. The molecule has 0 saturated carbocycles. The van der Waals surface area contributed by atoms with Crippen LogP contribution in [-0.4, -0.2) is 30.4 Å². The topological polar surface area (TPSA) is 76.0 Å². The number of hydrogen-bond donors (Lipinski definition) is 2. The van der Waals surface area contributed by atoms with Gasteiger partial charge in [0.25, 0.3) is 0 Å². The third-order valence-electron chi connectivity index (χ3n) is 2.86. The van der Waals surface area contributed by atoms with E-state index in [1.54, 1.807) is 19.1 Å². The summed E-state index contributed by atoms with van der Waals surface area (Å²) in [6.07, 6.45) is -0.394. The molecule has 0 aliphatic heterocycles. The first-order valence-electron chi connectivity index (χ1n) is 5.49. The van der Waals surface area contributed by atoms with Crippen LogP contribution < -0.4 is 9.47 Å². The highest BCUT2D eigenvalue weighted by Crippen LogP contribution is 2.38. The fraction of sp³-hybridized carbons (Fsp3) is 0.462. The smallest absolute Gasteiger partial charge is 0.306 e. The Bertz CT molecular complexity index is 451. The van der Waals surface area contributed by atoms with Gasteiger partial charge in [-0.3, -0.25) is 4.79 Å². The Morgan fingerprint density at radius 1 is 1.33 bits per heavy atom. The molecule has 0 radical (unpaired) electrons. The number of rotatable bonds is 5. The first-order chi connectivity index (χ1) is 8.33. The van der Waals surface area contributed by atoms with Crippen LogP contribution in [0.3, 0.4) is 0 Å². The van der Waals surface area contributed by atoms with Gasteiger partial charge in [0.1, 0.15) is 17.1 Å². The van der Waals surface area contributed by atoms with E-state index in [1.807, 2.05) is 0 Å². The van der Waals surface area contributed by atoms with Crippen LogP contribution in [0.25, 0.3) is 0 Å². The Morgan fingerprint density at radius 2 is 1.94 bits per heavy atom. The van der Waals surface area contributed by atoms with E-state index in [2.05, 4.69) is 0 Å². The summed E-state index contributed by atoms with van der Waals surface area (Å²) in [6, 6.07) is 3.30. The van der Waals surface area contributed by atoms with Crippen molar-refractivity contribution in [2.75, 3.05) is 14.2 Å². The highest BCUT2D eigenvalue weighted by atomic mass is 16.5. The van der Waals surface area contributed by atoms with Gasteiger partial charge in [0, 0.05) is 11.1 Å². The summed E-state index contributed by atoms with van der Waals surface area (Å²) in [7, 11) is 3.01. The van der Waals surface area contributed by atoms with Gasteiger partial charge >= 0.3 is 5.97 Å². The lowest BCUT2D eigenvalue weighted by Gasteiger charge is -2.25. The second-order valence-electron chi connectivity index (χ2n) is 4.32. The minimum atomic E-state index is -1.49. The molecule has 1 rings (SSSR count). The number of benzene rings is 1. The lowest BCUT2D eigenvalue weighted by atomic mass is 9.90. The molecule has 0 bridgehead atoms. The molecule has 5 nitrogen and oxygen atoms in total. The predicted molar refractivity (Wildman–Crippen MR) is 66.1 cm³/mol. The first-order valence-corrected chi connectivity index (χ1v) is 5.49. The third kappa shape index (κ3) is 2.73. The molecule has 0 aliphatic carbocycles. The minimum Gasteiger partial charge on any atom is -0.496 e. The number of methoxy groups -OCH3 is 2. The van der Waals surface area contributed by atoms with Crippen LogP contribution in [0.4, 0.5) is 0 Å². The van der Waals surface area contributed by atoms with Crippen LogP contribution in [-0.2, 0) is 10.4 Å². The maximum atomic E-state index is 10.8. The van der Waals surface area contributed by atoms with Crippen LogP contribution in [0.5, 0.6) is 11.5 Å². The molecule has 5 heteroatoms. The summed E-state index contributed by atoms with van der Waals surface area (Å²) in [4.78, 5) is 10.8. The molecule has 2 N–H and O–H groups in total. The quantitative estimate of drug-likeness (QED) is 0.836. The van der Waals surface area contributed by atoms with Crippen LogP contribution in [0.1, 0.15) is 24.5 Å². The SMILES string of the molecule is COc1ccc(C(C)(O)CC(=O)O)c(OC)c1C. The van der Waals surface area contributed by atoms with Gasteiger partial charge in [0.05, 0.1) is 20.6 Å². The Morgan fingerprint density at radius 3 is 2.39 bits per heavy atom. The van der Waals surface area contributed by atoms with E-state index in [-0.39, 0.29) is 0 Å². The zero-order valence-corrected chi connectivity index (χ0v) is 11.0. The van der Waals surface area contributed by atoms with Crippen molar-refractivity contribution in [2.45, 2.75) is 25.9 Å². The molecule has 1 aromatic carbocycles. The number of ether oxygens (including phenoxy) is 2. The average molecular weight is 254 g/mol. The minimum absolute atomic E-state index is 0.394. The average Bonchev–Trinajstić information content (AvgIpc) is 2.26. The van der Waals surface area contributed by atoms with Gasteiger partial charge in [-0.25, -0.2) is 0 Å². The van der Waals surface area contributed by atoms with Crippen LogP contribution in [0, 0.1) is 6.92 Å². The molecular weight excluding hydrogens is 236 g/mol. The molecule has 0 fully saturated rings. The summed E-state index contributed by atoms with van der Waals surface area (Å²) >= 11 is 0. The van der Waals surface area contributed by atoms with Gasteiger partial charge in [0.2, 0.25) is 0 Å². The van der Waals surface area contributed by atoms with Crippen molar-refractivity contribution < 1.29 is 24.5 Å². The number of aliphatic hydroxyl groups is 1. The Hall–Kier alpha value is -1.75. The largest absolute Gasteiger partial charge is 0.496 e. The molecule has 18 heavy (non-hydrogen) atoms. The summed E-state index contributed by atoms with van der Waals surface area (Å²) < 4.78 is 10.4. The monoisotopic (exact) mass is 254 g/mol. The maximum Gasteiger partial charge on any atom is 0.306 e. The molecule has 1 atom stereocenters. The zero-order chi connectivity index (χ0) is 13.9. The van der Waals surface area contributed by atoms with Crippen molar-refractivity contribution in [1.29, 1.82) is 0 Å². The number of aliphatic carboxylic acids is 1. The number of carboxylic acids is 1. The highest BCUT2D eigenvalue weighted by molar-refractivity contribution is 5.69. The zero-order valence-electron chi connectivity index (χ0n) is 11.0. The number of carbonyl (C=O) groups is 1. The van der Waals surface area contributed by atoms with Gasteiger partial charge in [-0.1, -0.05) is 0 Å².